The van der Waals surface area contributed by atoms with Crippen molar-refractivity contribution < 1.29 is 9.90 Å². The predicted octanol–water partition coefficient (Wildman–Crippen LogP) is 1.99. The average molecular weight is 332 g/mol. The van der Waals surface area contributed by atoms with Crippen molar-refractivity contribution >= 4 is 23.2 Å². The third-order valence-corrected chi connectivity index (χ3v) is 4.82. The van der Waals surface area contributed by atoms with Gasteiger partial charge in [0.2, 0.25) is 0 Å². The SMILES string of the molecule is Cn1cc(C2(C)CC(C(=O)O)c3cnc4cc(Cl)nn4c32)cn1. The van der Waals surface area contributed by atoms with Crippen molar-refractivity contribution in [3.63, 3.8) is 0 Å². The Morgan fingerprint density at radius 2 is 2.26 bits per heavy atom. The summed E-state index contributed by atoms with van der Waals surface area (Å²) in [5, 5.41) is 18.5. The lowest BCUT2D eigenvalue weighted by molar-refractivity contribution is -0.138. The van der Waals surface area contributed by atoms with E-state index in [9.17, 15) is 9.90 Å². The molecule has 1 aliphatic carbocycles. The molecule has 8 heteroatoms. The highest BCUT2D eigenvalue weighted by Crippen LogP contribution is 2.49. The lowest BCUT2D eigenvalue weighted by Crippen LogP contribution is -2.24. The van der Waals surface area contributed by atoms with Gasteiger partial charge in [0, 0.05) is 42.0 Å². The summed E-state index contributed by atoms with van der Waals surface area (Å²) in [7, 11) is 1.84. The first-order valence-electron chi connectivity index (χ1n) is 7.17. The molecule has 0 fully saturated rings. The van der Waals surface area contributed by atoms with Crippen molar-refractivity contribution in [3.05, 3.63) is 46.6 Å². The minimum atomic E-state index is -0.863. The number of fused-ring (bicyclic) bond motifs is 3. The molecule has 4 rings (SSSR count). The Morgan fingerprint density at radius 1 is 1.48 bits per heavy atom. The summed E-state index contributed by atoms with van der Waals surface area (Å²) in [6.45, 7) is 2.01. The van der Waals surface area contributed by atoms with E-state index in [2.05, 4.69) is 15.2 Å². The number of carbonyl (C=O) groups is 1. The van der Waals surface area contributed by atoms with Crippen molar-refractivity contribution in [1.29, 1.82) is 0 Å². The van der Waals surface area contributed by atoms with Crippen molar-refractivity contribution in [2.45, 2.75) is 24.7 Å². The number of nitrogens with zero attached hydrogens (tertiary/aromatic N) is 5. The van der Waals surface area contributed by atoms with Crippen LogP contribution < -0.4 is 0 Å². The molecule has 7 nitrogen and oxygen atoms in total. The van der Waals surface area contributed by atoms with Crippen LogP contribution in [0.15, 0.2) is 24.7 Å². The summed E-state index contributed by atoms with van der Waals surface area (Å²) in [6.07, 6.45) is 5.74. The Labute approximate surface area is 136 Å². The van der Waals surface area contributed by atoms with E-state index in [4.69, 9.17) is 11.6 Å². The molecular formula is C15H14ClN5O2. The zero-order chi connectivity index (χ0) is 16.4. The van der Waals surface area contributed by atoms with Gasteiger partial charge in [0.1, 0.15) is 0 Å². The number of aryl methyl sites for hydroxylation is 1. The summed E-state index contributed by atoms with van der Waals surface area (Å²) in [6, 6.07) is 1.67. The summed E-state index contributed by atoms with van der Waals surface area (Å²) >= 11 is 6.02. The molecule has 3 heterocycles. The molecule has 0 radical (unpaired) electrons. The first kappa shape index (κ1) is 14.2. The van der Waals surface area contributed by atoms with Crippen molar-refractivity contribution in [2.24, 2.45) is 7.05 Å². The molecule has 0 aromatic carbocycles. The molecule has 1 N–H and O–H groups in total. The maximum atomic E-state index is 11.7. The Balaban J connectivity index is 2.05. The quantitative estimate of drug-likeness (QED) is 0.776. The van der Waals surface area contributed by atoms with Crippen LogP contribution in [-0.2, 0) is 17.3 Å². The maximum Gasteiger partial charge on any atom is 0.311 e. The molecular weight excluding hydrogens is 318 g/mol. The zero-order valence-electron chi connectivity index (χ0n) is 12.6. The van der Waals surface area contributed by atoms with Gasteiger partial charge in [-0.1, -0.05) is 11.6 Å². The number of hydrogen-bond donors (Lipinski definition) is 1. The molecule has 0 saturated carbocycles. The molecule has 0 aliphatic heterocycles. The number of hydrogen-bond acceptors (Lipinski definition) is 4. The van der Waals surface area contributed by atoms with Crippen LogP contribution in [0.25, 0.3) is 5.65 Å². The van der Waals surface area contributed by atoms with Gasteiger partial charge in [-0.25, -0.2) is 9.50 Å². The second-order valence-electron chi connectivity index (χ2n) is 6.13. The topological polar surface area (TPSA) is 85.3 Å². The monoisotopic (exact) mass is 331 g/mol. The molecule has 0 saturated heterocycles. The molecule has 118 valence electrons. The largest absolute Gasteiger partial charge is 0.481 e. The Hall–Kier alpha value is -2.41. The summed E-state index contributed by atoms with van der Waals surface area (Å²) in [4.78, 5) is 16.0. The lowest BCUT2D eigenvalue weighted by Gasteiger charge is -2.24. The molecule has 0 bridgehead atoms. The van der Waals surface area contributed by atoms with Gasteiger partial charge in [-0.3, -0.25) is 9.48 Å². The van der Waals surface area contributed by atoms with E-state index in [1.54, 1.807) is 27.7 Å². The van der Waals surface area contributed by atoms with E-state index in [1.807, 2.05) is 20.2 Å². The molecule has 2 unspecified atom stereocenters. The number of aromatic nitrogens is 5. The summed E-state index contributed by atoms with van der Waals surface area (Å²) in [5.41, 5.74) is 2.52. The minimum absolute atomic E-state index is 0.332. The Kier molecular flexibility index (Phi) is 2.81. The first-order chi connectivity index (χ1) is 10.9. The van der Waals surface area contributed by atoms with Gasteiger partial charge in [-0.05, 0) is 13.3 Å². The fourth-order valence-corrected chi connectivity index (χ4v) is 3.70. The first-order valence-corrected chi connectivity index (χ1v) is 7.54. The lowest BCUT2D eigenvalue weighted by atomic mass is 9.81. The Morgan fingerprint density at radius 3 is 2.91 bits per heavy atom. The van der Waals surface area contributed by atoms with Crippen molar-refractivity contribution in [2.75, 3.05) is 0 Å². The fourth-order valence-electron chi connectivity index (χ4n) is 3.52. The highest BCUT2D eigenvalue weighted by molar-refractivity contribution is 6.29. The number of halogens is 1. The normalized spacial score (nSPS) is 23.3. The molecule has 0 amide bonds. The number of carboxylic acids is 1. The molecule has 23 heavy (non-hydrogen) atoms. The highest BCUT2D eigenvalue weighted by Gasteiger charge is 2.47. The van der Waals surface area contributed by atoms with E-state index in [0.29, 0.717) is 22.8 Å². The van der Waals surface area contributed by atoms with Crippen LogP contribution in [-0.4, -0.2) is 35.5 Å². The molecule has 2 atom stereocenters. The molecule has 3 aromatic rings. The van der Waals surface area contributed by atoms with Gasteiger partial charge in [0.05, 0.1) is 17.8 Å². The zero-order valence-corrected chi connectivity index (χ0v) is 13.3. The molecule has 3 aromatic heterocycles. The van der Waals surface area contributed by atoms with Gasteiger partial charge >= 0.3 is 5.97 Å². The molecule has 1 aliphatic rings. The second-order valence-corrected chi connectivity index (χ2v) is 6.52. The second kappa shape index (κ2) is 4.55. The van der Waals surface area contributed by atoms with Crippen LogP contribution in [0.2, 0.25) is 5.15 Å². The number of carboxylic acid groups (broad SMARTS) is 1. The van der Waals surface area contributed by atoms with Gasteiger partial charge in [0.15, 0.2) is 10.8 Å². The number of rotatable bonds is 2. The summed E-state index contributed by atoms with van der Waals surface area (Å²) in [5.74, 6) is -1.49. The highest BCUT2D eigenvalue weighted by atomic mass is 35.5. The summed E-state index contributed by atoms with van der Waals surface area (Å²) < 4.78 is 3.37. The predicted molar refractivity (Wildman–Crippen MR) is 82.7 cm³/mol. The smallest absolute Gasteiger partial charge is 0.311 e. The van der Waals surface area contributed by atoms with E-state index in [-0.39, 0.29) is 0 Å². The third kappa shape index (κ3) is 1.89. The van der Waals surface area contributed by atoms with Gasteiger partial charge in [-0.2, -0.15) is 10.2 Å². The number of aliphatic carboxylic acids is 1. The van der Waals surface area contributed by atoms with Crippen LogP contribution in [0.1, 0.15) is 36.1 Å². The van der Waals surface area contributed by atoms with Crippen LogP contribution >= 0.6 is 11.6 Å². The van der Waals surface area contributed by atoms with Crippen molar-refractivity contribution in [3.8, 4) is 0 Å². The van der Waals surface area contributed by atoms with E-state index in [1.165, 1.54) is 0 Å². The van der Waals surface area contributed by atoms with Crippen LogP contribution in [0.5, 0.6) is 0 Å². The Bertz CT molecular complexity index is 947. The van der Waals surface area contributed by atoms with Gasteiger partial charge in [0.25, 0.3) is 0 Å². The van der Waals surface area contributed by atoms with E-state index in [0.717, 1.165) is 11.3 Å². The van der Waals surface area contributed by atoms with Crippen LogP contribution in [0, 0.1) is 0 Å². The molecule has 0 spiro atoms. The standard InChI is InChI=1S/C15H14ClN5O2/c1-15(8-5-18-20(2)7-8)4-9(14(22)23)10-6-17-12-3-11(16)19-21(12)13(10)15/h3,5-7,9H,4H2,1-2H3,(H,22,23). The fraction of sp³-hybridized carbons (Fsp3) is 0.333. The van der Waals surface area contributed by atoms with E-state index >= 15 is 0 Å². The van der Waals surface area contributed by atoms with E-state index < -0.39 is 17.3 Å². The maximum absolute atomic E-state index is 11.7. The third-order valence-electron chi connectivity index (χ3n) is 4.63. The minimum Gasteiger partial charge on any atom is -0.481 e. The van der Waals surface area contributed by atoms with Gasteiger partial charge < -0.3 is 5.11 Å². The average Bonchev–Trinajstić information content (AvgIpc) is 3.14. The van der Waals surface area contributed by atoms with Crippen LogP contribution in [0.4, 0.5) is 0 Å². The van der Waals surface area contributed by atoms with Gasteiger partial charge in [-0.15, -0.1) is 0 Å². The van der Waals surface area contributed by atoms with Crippen LogP contribution in [0.3, 0.4) is 0 Å². The van der Waals surface area contributed by atoms with Crippen molar-refractivity contribution in [1.82, 2.24) is 24.4 Å².